The zero-order valence-electron chi connectivity index (χ0n) is 13.2. The second-order valence-corrected chi connectivity index (χ2v) is 5.79. The third-order valence-electron chi connectivity index (χ3n) is 3.49. The number of carbonyl (C=O) groups excluding carboxylic acids is 2. The molecule has 120 valence electrons. The highest BCUT2D eigenvalue weighted by Crippen LogP contribution is 2.10. The summed E-state index contributed by atoms with van der Waals surface area (Å²) in [5, 5.41) is 2.77. The van der Waals surface area contributed by atoms with Gasteiger partial charge in [0, 0.05) is 45.1 Å². The van der Waals surface area contributed by atoms with E-state index in [2.05, 4.69) is 15.3 Å². The number of nitrogens with zero attached hydrogens (tertiary/aromatic N) is 4. The van der Waals surface area contributed by atoms with Crippen molar-refractivity contribution in [3.8, 4) is 0 Å². The van der Waals surface area contributed by atoms with E-state index in [1.54, 1.807) is 23.4 Å². The fourth-order valence-electron chi connectivity index (χ4n) is 2.24. The first kappa shape index (κ1) is 16.2. The van der Waals surface area contributed by atoms with Crippen molar-refractivity contribution in [2.45, 2.75) is 20.3 Å². The van der Waals surface area contributed by atoms with Crippen LogP contribution in [0.15, 0.2) is 18.5 Å². The third kappa shape index (κ3) is 4.68. The Bertz CT molecular complexity index is 498. The second kappa shape index (κ2) is 7.72. The van der Waals surface area contributed by atoms with Crippen LogP contribution in [-0.4, -0.2) is 59.4 Å². The quantitative estimate of drug-likeness (QED) is 0.791. The van der Waals surface area contributed by atoms with Crippen LogP contribution in [0.4, 0.5) is 5.95 Å². The van der Waals surface area contributed by atoms with Gasteiger partial charge < -0.3 is 15.1 Å². The number of hydrogen-bond acceptors (Lipinski definition) is 5. The van der Waals surface area contributed by atoms with Crippen LogP contribution in [-0.2, 0) is 9.59 Å². The molecule has 0 radical (unpaired) electrons. The zero-order valence-corrected chi connectivity index (χ0v) is 13.2. The highest BCUT2D eigenvalue weighted by molar-refractivity contribution is 5.96. The minimum Gasteiger partial charge on any atom is -0.355 e. The van der Waals surface area contributed by atoms with Crippen LogP contribution in [0, 0.1) is 5.92 Å². The van der Waals surface area contributed by atoms with Crippen LogP contribution in [0.1, 0.15) is 20.3 Å². The van der Waals surface area contributed by atoms with E-state index in [0.29, 0.717) is 44.6 Å². The Morgan fingerprint density at radius 3 is 2.41 bits per heavy atom. The van der Waals surface area contributed by atoms with Gasteiger partial charge in [-0.25, -0.2) is 9.97 Å². The van der Waals surface area contributed by atoms with Gasteiger partial charge in [0.05, 0.1) is 0 Å². The van der Waals surface area contributed by atoms with E-state index in [1.165, 1.54) is 0 Å². The maximum Gasteiger partial charge on any atom is 0.232 e. The van der Waals surface area contributed by atoms with E-state index < -0.39 is 0 Å². The third-order valence-corrected chi connectivity index (χ3v) is 3.49. The second-order valence-electron chi connectivity index (χ2n) is 5.79. The summed E-state index contributed by atoms with van der Waals surface area (Å²) in [6, 6.07) is 1.78. The van der Waals surface area contributed by atoms with Gasteiger partial charge in [-0.3, -0.25) is 9.59 Å². The summed E-state index contributed by atoms with van der Waals surface area (Å²) >= 11 is 0. The molecule has 22 heavy (non-hydrogen) atoms. The topological polar surface area (TPSA) is 78.4 Å². The van der Waals surface area contributed by atoms with Crippen LogP contribution >= 0.6 is 0 Å². The highest BCUT2D eigenvalue weighted by Gasteiger charge is 2.23. The van der Waals surface area contributed by atoms with Gasteiger partial charge in [-0.2, -0.15) is 0 Å². The molecule has 1 N–H and O–H groups in total. The van der Waals surface area contributed by atoms with Crippen molar-refractivity contribution >= 4 is 17.8 Å². The van der Waals surface area contributed by atoms with Crippen molar-refractivity contribution in [3.63, 3.8) is 0 Å². The fraction of sp³-hybridized carbons (Fsp3) is 0.600. The lowest BCUT2D eigenvalue weighted by atomic mass is 10.2. The summed E-state index contributed by atoms with van der Waals surface area (Å²) < 4.78 is 0. The molecule has 7 nitrogen and oxygen atoms in total. The summed E-state index contributed by atoms with van der Waals surface area (Å²) in [5.41, 5.74) is 0. The number of rotatable bonds is 5. The summed E-state index contributed by atoms with van der Waals surface area (Å²) in [4.78, 5) is 36.0. The van der Waals surface area contributed by atoms with Gasteiger partial charge >= 0.3 is 0 Å². The molecule has 2 heterocycles. The molecule has 2 amide bonds. The molecule has 0 atom stereocenters. The minimum atomic E-state index is -0.201. The van der Waals surface area contributed by atoms with Crippen molar-refractivity contribution in [3.05, 3.63) is 18.5 Å². The maximum absolute atomic E-state index is 12.1. The molecule has 1 aromatic heterocycles. The molecule has 0 unspecified atom stereocenters. The van der Waals surface area contributed by atoms with Gasteiger partial charge in [0.2, 0.25) is 17.8 Å². The highest BCUT2D eigenvalue weighted by atomic mass is 16.2. The summed E-state index contributed by atoms with van der Waals surface area (Å²) in [5.74, 6) is 0.750. The first-order chi connectivity index (χ1) is 10.6. The molecule has 1 aliphatic rings. The predicted molar refractivity (Wildman–Crippen MR) is 83.3 cm³/mol. The van der Waals surface area contributed by atoms with E-state index >= 15 is 0 Å². The average molecular weight is 305 g/mol. The largest absolute Gasteiger partial charge is 0.355 e. The van der Waals surface area contributed by atoms with Crippen molar-refractivity contribution in [1.29, 1.82) is 0 Å². The number of carbonyl (C=O) groups is 2. The molecule has 7 heteroatoms. The van der Waals surface area contributed by atoms with Crippen LogP contribution in [0.2, 0.25) is 0 Å². The lowest BCUT2D eigenvalue weighted by molar-refractivity contribution is -0.136. The predicted octanol–water partition coefficient (Wildman–Crippen LogP) is 0.288. The zero-order chi connectivity index (χ0) is 15.9. The Kier molecular flexibility index (Phi) is 5.68. The Morgan fingerprint density at radius 2 is 1.82 bits per heavy atom. The van der Waals surface area contributed by atoms with Gasteiger partial charge in [0.25, 0.3) is 0 Å². The number of hydrogen-bond donors (Lipinski definition) is 1. The smallest absolute Gasteiger partial charge is 0.232 e. The monoisotopic (exact) mass is 305 g/mol. The van der Waals surface area contributed by atoms with E-state index in [4.69, 9.17) is 0 Å². The van der Waals surface area contributed by atoms with Crippen LogP contribution in [0.5, 0.6) is 0 Å². The standard InChI is InChI=1S/C15H23N5O2/c1-12(2)11-18-13(21)10-14(22)19-6-8-20(9-7-19)15-16-4-3-5-17-15/h3-5,12H,6-11H2,1-2H3,(H,18,21). The molecule has 0 spiro atoms. The number of aromatic nitrogens is 2. The minimum absolute atomic E-state index is 0.0748. The molecule has 1 aromatic rings. The first-order valence-corrected chi connectivity index (χ1v) is 7.62. The summed E-state index contributed by atoms with van der Waals surface area (Å²) in [6.45, 7) is 7.20. The number of nitrogens with one attached hydrogen (secondary N) is 1. The Balaban J connectivity index is 1.76. The Labute approximate surface area is 130 Å². The molecule has 1 fully saturated rings. The fourth-order valence-corrected chi connectivity index (χ4v) is 2.24. The molecule has 1 aliphatic heterocycles. The lowest BCUT2D eigenvalue weighted by Gasteiger charge is -2.34. The van der Waals surface area contributed by atoms with Crippen LogP contribution in [0.25, 0.3) is 0 Å². The van der Waals surface area contributed by atoms with Gasteiger partial charge in [0.15, 0.2) is 0 Å². The van der Waals surface area contributed by atoms with E-state index in [9.17, 15) is 9.59 Å². The summed E-state index contributed by atoms with van der Waals surface area (Å²) in [7, 11) is 0. The number of piperazine rings is 1. The SMILES string of the molecule is CC(C)CNC(=O)CC(=O)N1CCN(c2ncccn2)CC1. The lowest BCUT2D eigenvalue weighted by Crippen LogP contribution is -2.50. The Hall–Kier alpha value is -2.18. The molecule has 1 saturated heterocycles. The number of anilines is 1. The normalized spacial score (nSPS) is 15.0. The molecule has 0 aliphatic carbocycles. The first-order valence-electron chi connectivity index (χ1n) is 7.62. The van der Waals surface area contributed by atoms with E-state index in [0.717, 1.165) is 0 Å². The molecular formula is C15H23N5O2. The van der Waals surface area contributed by atoms with Crippen molar-refractivity contribution < 1.29 is 9.59 Å². The van der Waals surface area contributed by atoms with Crippen molar-refractivity contribution in [1.82, 2.24) is 20.2 Å². The van der Waals surface area contributed by atoms with Crippen molar-refractivity contribution in [2.24, 2.45) is 5.92 Å². The average Bonchev–Trinajstić information content (AvgIpc) is 2.54. The van der Waals surface area contributed by atoms with Crippen molar-refractivity contribution in [2.75, 3.05) is 37.6 Å². The molecule has 0 saturated carbocycles. The molecule has 2 rings (SSSR count). The van der Waals surface area contributed by atoms with E-state index in [-0.39, 0.29) is 18.2 Å². The molecule has 0 bridgehead atoms. The van der Waals surface area contributed by atoms with Gasteiger partial charge in [-0.05, 0) is 12.0 Å². The molecule has 0 aromatic carbocycles. The van der Waals surface area contributed by atoms with Crippen LogP contribution in [0.3, 0.4) is 0 Å². The summed E-state index contributed by atoms with van der Waals surface area (Å²) in [6.07, 6.45) is 3.34. The molecular weight excluding hydrogens is 282 g/mol. The van der Waals surface area contributed by atoms with Gasteiger partial charge in [-0.1, -0.05) is 13.8 Å². The van der Waals surface area contributed by atoms with Gasteiger partial charge in [0.1, 0.15) is 6.42 Å². The number of amides is 2. The van der Waals surface area contributed by atoms with E-state index in [1.807, 2.05) is 18.7 Å². The van der Waals surface area contributed by atoms with Gasteiger partial charge in [-0.15, -0.1) is 0 Å². The Morgan fingerprint density at radius 1 is 1.18 bits per heavy atom. The van der Waals surface area contributed by atoms with Crippen LogP contribution < -0.4 is 10.2 Å². The maximum atomic E-state index is 12.1.